The number of rotatable bonds is 6. The summed E-state index contributed by atoms with van der Waals surface area (Å²) in [6.07, 6.45) is 1.24. The number of nitrogens with two attached hydrogens (primary N) is 1. The fourth-order valence-corrected chi connectivity index (χ4v) is 4.04. The Morgan fingerprint density at radius 1 is 1.16 bits per heavy atom. The Bertz CT molecular complexity index is 1590. The predicted molar refractivity (Wildman–Crippen MR) is 143 cm³/mol. The van der Waals surface area contributed by atoms with Crippen molar-refractivity contribution in [1.82, 2.24) is 24.8 Å². The van der Waals surface area contributed by atoms with Crippen molar-refractivity contribution in [2.75, 3.05) is 16.4 Å². The molecule has 2 amide bonds. The number of carbonyl (C=O) groups is 1. The maximum Gasteiger partial charge on any atom is 0.319 e. The van der Waals surface area contributed by atoms with Gasteiger partial charge in [0.15, 0.2) is 0 Å². The Labute approximate surface area is 217 Å². The van der Waals surface area contributed by atoms with E-state index in [0.29, 0.717) is 22.7 Å². The van der Waals surface area contributed by atoms with Gasteiger partial charge in [0.05, 0.1) is 27.7 Å². The Hall–Kier alpha value is -4.69. The van der Waals surface area contributed by atoms with Gasteiger partial charge in [0.1, 0.15) is 35.4 Å². The van der Waals surface area contributed by atoms with Crippen molar-refractivity contribution in [3.8, 4) is 11.8 Å². The molecule has 0 aliphatic heterocycles. The SMILES string of the molecule is CC(C)NC(=O)Nc1cccc(-n2c(C(C)Nc3ncnc(N)c3C#N)nc3cccc(Cl)c3c2=O)c1. The van der Waals surface area contributed by atoms with Crippen LogP contribution in [0.4, 0.5) is 22.1 Å². The zero-order valence-corrected chi connectivity index (χ0v) is 21.0. The number of fused-ring (bicyclic) bond motifs is 1. The van der Waals surface area contributed by atoms with Crippen LogP contribution in [0, 0.1) is 11.3 Å². The summed E-state index contributed by atoms with van der Waals surface area (Å²) in [4.78, 5) is 38.8. The Balaban J connectivity index is 1.86. The van der Waals surface area contributed by atoms with Gasteiger partial charge >= 0.3 is 6.03 Å². The van der Waals surface area contributed by atoms with Gasteiger partial charge in [-0.2, -0.15) is 5.26 Å². The van der Waals surface area contributed by atoms with Crippen molar-refractivity contribution in [1.29, 1.82) is 5.26 Å². The van der Waals surface area contributed by atoms with Crippen LogP contribution < -0.4 is 27.2 Å². The second-order valence-electron chi connectivity index (χ2n) is 8.51. The fraction of sp³-hybridized carbons (Fsp3) is 0.200. The van der Waals surface area contributed by atoms with Crippen molar-refractivity contribution >= 4 is 45.9 Å². The lowest BCUT2D eigenvalue weighted by atomic mass is 10.2. The minimum Gasteiger partial charge on any atom is -0.382 e. The van der Waals surface area contributed by atoms with Gasteiger partial charge < -0.3 is 21.7 Å². The summed E-state index contributed by atoms with van der Waals surface area (Å²) in [5, 5.41) is 18.7. The van der Waals surface area contributed by atoms with E-state index in [2.05, 4.69) is 25.9 Å². The molecule has 1 atom stereocenters. The molecule has 2 aromatic carbocycles. The summed E-state index contributed by atoms with van der Waals surface area (Å²) in [5.41, 5.74) is 6.85. The Kier molecular flexibility index (Phi) is 7.22. The number of nitriles is 1. The number of benzene rings is 2. The third-order valence-corrected chi connectivity index (χ3v) is 5.70. The number of nitrogen functional groups attached to an aromatic ring is 1. The summed E-state index contributed by atoms with van der Waals surface area (Å²) in [6.45, 7) is 5.47. The van der Waals surface area contributed by atoms with Gasteiger partial charge in [-0.3, -0.25) is 9.36 Å². The van der Waals surface area contributed by atoms with Crippen LogP contribution in [0.2, 0.25) is 5.02 Å². The fourth-order valence-electron chi connectivity index (χ4n) is 3.79. The van der Waals surface area contributed by atoms with Crippen molar-refractivity contribution < 1.29 is 4.79 Å². The molecule has 5 N–H and O–H groups in total. The summed E-state index contributed by atoms with van der Waals surface area (Å²) in [6, 6.07) is 12.8. The molecule has 1 unspecified atom stereocenters. The molecule has 0 fully saturated rings. The summed E-state index contributed by atoms with van der Waals surface area (Å²) < 4.78 is 1.41. The highest BCUT2D eigenvalue weighted by Gasteiger charge is 2.21. The molecule has 188 valence electrons. The molecule has 12 heteroatoms. The number of halogens is 1. The van der Waals surface area contributed by atoms with E-state index in [0.717, 1.165) is 0 Å². The molecule has 37 heavy (non-hydrogen) atoms. The molecular weight excluding hydrogens is 494 g/mol. The molecule has 0 saturated heterocycles. The van der Waals surface area contributed by atoms with Crippen molar-refractivity contribution in [3.63, 3.8) is 0 Å². The molecule has 0 aliphatic carbocycles. The number of carbonyl (C=O) groups excluding carboxylic acids is 1. The normalized spacial score (nSPS) is 11.7. The zero-order chi connectivity index (χ0) is 26.7. The van der Waals surface area contributed by atoms with E-state index >= 15 is 0 Å². The van der Waals surface area contributed by atoms with Crippen LogP contribution in [0.3, 0.4) is 0 Å². The summed E-state index contributed by atoms with van der Waals surface area (Å²) in [5.74, 6) is 0.557. The number of nitrogens with zero attached hydrogens (tertiary/aromatic N) is 5. The summed E-state index contributed by atoms with van der Waals surface area (Å²) >= 11 is 6.39. The van der Waals surface area contributed by atoms with E-state index < -0.39 is 11.6 Å². The first-order valence-corrected chi connectivity index (χ1v) is 11.7. The minimum atomic E-state index is -0.613. The summed E-state index contributed by atoms with van der Waals surface area (Å²) in [7, 11) is 0. The van der Waals surface area contributed by atoms with E-state index in [1.165, 1.54) is 10.9 Å². The number of nitrogens with one attached hydrogen (secondary N) is 3. The third-order valence-electron chi connectivity index (χ3n) is 5.38. The molecule has 2 aromatic heterocycles. The van der Waals surface area contributed by atoms with Gasteiger partial charge in [0, 0.05) is 11.7 Å². The van der Waals surface area contributed by atoms with Crippen molar-refractivity contribution in [3.05, 3.63) is 75.6 Å². The second kappa shape index (κ2) is 10.5. The first-order valence-electron chi connectivity index (χ1n) is 11.4. The third kappa shape index (κ3) is 5.29. The topological polar surface area (TPSA) is 164 Å². The first kappa shape index (κ1) is 25.4. The van der Waals surface area contributed by atoms with E-state index in [4.69, 9.17) is 22.3 Å². The highest BCUT2D eigenvalue weighted by Crippen LogP contribution is 2.26. The average Bonchev–Trinajstić information content (AvgIpc) is 2.83. The number of hydrogen-bond donors (Lipinski definition) is 4. The molecule has 0 saturated carbocycles. The van der Waals surface area contributed by atoms with Gasteiger partial charge in [0.25, 0.3) is 5.56 Å². The van der Waals surface area contributed by atoms with Gasteiger partial charge in [-0.25, -0.2) is 19.7 Å². The van der Waals surface area contributed by atoms with Crippen LogP contribution in [0.1, 0.15) is 38.2 Å². The van der Waals surface area contributed by atoms with Crippen LogP contribution in [0.25, 0.3) is 16.6 Å². The molecule has 2 heterocycles. The highest BCUT2D eigenvalue weighted by atomic mass is 35.5. The van der Waals surface area contributed by atoms with E-state index in [1.807, 2.05) is 19.9 Å². The van der Waals surface area contributed by atoms with Crippen LogP contribution in [0.5, 0.6) is 0 Å². The van der Waals surface area contributed by atoms with Crippen LogP contribution in [-0.2, 0) is 0 Å². The molecule has 4 aromatic rings. The van der Waals surface area contributed by atoms with E-state index in [1.54, 1.807) is 49.4 Å². The maximum atomic E-state index is 13.8. The second-order valence-corrected chi connectivity index (χ2v) is 8.92. The Morgan fingerprint density at radius 2 is 1.92 bits per heavy atom. The van der Waals surface area contributed by atoms with Crippen molar-refractivity contribution in [2.24, 2.45) is 0 Å². The molecular formula is C25H24ClN9O2. The van der Waals surface area contributed by atoms with Gasteiger partial charge in [-0.05, 0) is 51.1 Å². The number of anilines is 3. The van der Waals surface area contributed by atoms with Crippen LogP contribution in [-0.4, -0.2) is 31.6 Å². The monoisotopic (exact) mass is 517 g/mol. The standard InChI is InChI=1S/C25H24ClN9O2/c1-13(2)31-25(37)33-15-6-4-7-16(10-15)35-23(34-19-9-5-8-18(26)20(19)24(35)36)14(3)32-22-17(11-27)21(28)29-12-30-22/h4-10,12-14H,1-3H3,(H2,31,33,37)(H3,28,29,30,32). The van der Waals surface area contributed by atoms with E-state index in [9.17, 15) is 14.9 Å². The lowest BCUT2D eigenvalue weighted by molar-refractivity contribution is 0.250. The van der Waals surface area contributed by atoms with Crippen LogP contribution in [0.15, 0.2) is 53.6 Å². The largest absolute Gasteiger partial charge is 0.382 e. The van der Waals surface area contributed by atoms with Gasteiger partial charge in [-0.1, -0.05) is 23.7 Å². The number of hydrogen-bond acceptors (Lipinski definition) is 8. The predicted octanol–water partition coefficient (Wildman–Crippen LogP) is 3.99. The maximum absolute atomic E-state index is 13.8. The smallest absolute Gasteiger partial charge is 0.319 e. The first-order chi connectivity index (χ1) is 17.7. The molecule has 0 bridgehead atoms. The van der Waals surface area contributed by atoms with Gasteiger partial charge in [0.2, 0.25) is 0 Å². The highest BCUT2D eigenvalue weighted by molar-refractivity contribution is 6.35. The molecule has 4 rings (SSSR count). The van der Waals surface area contributed by atoms with Crippen LogP contribution >= 0.6 is 11.6 Å². The average molecular weight is 518 g/mol. The molecule has 0 radical (unpaired) electrons. The molecule has 0 spiro atoms. The van der Waals surface area contributed by atoms with Crippen molar-refractivity contribution in [2.45, 2.75) is 32.9 Å². The van der Waals surface area contributed by atoms with E-state index in [-0.39, 0.29) is 39.7 Å². The molecule has 11 nitrogen and oxygen atoms in total. The molecule has 0 aliphatic rings. The lowest BCUT2D eigenvalue weighted by Gasteiger charge is -2.21. The lowest BCUT2D eigenvalue weighted by Crippen LogP contribution is -2.34. The zero-order valence-electron chi connectivity index (χ0n) is 20.3. The number of urea groups is 1. The quantitative estimate of drug-likeness (QED) is 0.298. The number of amides is 2. The minimum absolute atomic E-state index is 0.0290. The number of aromatic nitrogens is 4. The Morgan fingerprint density at radius 3 is 2.65 bits per heavy atom. The van der Waals surface area contributed by atoms with Gasteiger partial charge in [-0.15, -0.1) is 0 Å².